The number of aliphatic imine (C=N–C) groups is 1. The van der Waals surface area contributed by atoms with Gasteiger partial charge in [0.2, 0.25) is 5.91 Å². The highest BCUT2D eigenvalue weighted by Gasteiger charge is 2.31. The molecule has 0 unspecified atom stereocenters. The minimum absolute atomic E-state index is 0.186. The fourth-order valence-electron chi connectivity index (χ4n) is 4.06. The Balaban J connectivity index is 1.31. The monoisotopic (exact) mass is 454 g/mol. The van der Waals surface area contributed by atoms with E-state index in [0.717, 1.165) is 31.1 Å². The zero-order valence-corrected chi connectivity index (χ0v) is 19.4. The molecule has 2 N–H and O–H groups in total. The third-order valence-corrected chi connectivity index (χ3v) is 7.53. The first-order valence-corrected chi connectivity index (χ1v) is 12.6. The molecule has 2 aliphatic rings. The van der Waals surface area contributed by atoms with Crippen LogP contribution in [0.15, 0.2) is 58.4 Å². The maximum Gasteiger partial charge on any atom is 0.263 e. The Labute approximate surface area is 190 Å². The van der Waals surface area contributed by atoms with Gasteiger partial charge in [0.05, 0.1) is 4.90 Å². The maximum absolute atomic E-state index is 12.5. The van der Waals surface area contributed by atoms with Crippen molar-refractivity contribution in [3.05, 3.63) is 65.2 Å². The van der Waals surface area contributed by atoms with Crippen LogP contribution in [0, 0.1) is 5.92 Å². The number of rotatable bonds is 6. The van der Waals surface area contributed by atoms with E-state index in [1.165, 1.54) is 24.5 Å². The predicted molar refractivity (Wildman–Crippen MR) is 125 cm³/mol. The molecule has 1 fully saturated rings. The second-order valence-corrected chi connectivity index (χ2v) is 10.4. The maximum atomic E-state index is 12.5. The molecule has 0 aliphatic carbocycles. The highest BCUT2D eigenvalue weighted by Crippen LogP contribution is 2.22. The molecule has 0 spiro atoms. The fourth-order valence-corrected chi connectivity index (χ4v) is 5.30. The van der Waals surface area contributed by atoms with E-state index in [-0.39, 0.29) is 16.6 Å². The molecule has 0 saturated carbocycles. The predicted octanol–water partition coefficient (Wildman–Crippen LogP) is 2.66. The molecule has 1 atom stereocenters. The molecule has 32 heavy (non-hydrogen) atoms. The average Bonchev–Trinajstić information content (AvgIpc) is 3.04. The lowest BCUT2D eigenvalue weighted by molar-refractivity contribution is -0.122. The topological polar surface area (TPSA) is 90.9 Å². The smallest absolute Gasteiger partial charge is 0.263 e. The van der Waals surface area contributed by atoms with E-state index in [4.69, 9.17) is 0 Å². The van der Waals surface area contributed by atoms with E-state index in [9.17, 15) is 13.2 Å². The minimum atomic E-state index is -3.62. The summed E-state index contributed by atoms with van der Waals surface area (Å²) in [7, 11) is -3.62. The summed E-state index contributed by atoms with van der Waals surface area (Å²) in [4.78, 5) is 19.5. The van der Waals surface area contributed by atoms with Crippen molar-refractivity contribution < 1.29 is 13.2 Å². The Morgan fingerprint density at radius 3 is 2.50 bits per heavy atom. The Kier molecular flexibility index (Phi) is 6.62. The molecule has 2 aromatic carbocycles. The molecule has 7 nitrogen and oxygen atoms in total. The van der Waals surface area contributed by atoms with Crippen molar-refractivity contribution in [3.63, 3.8) is 0 Å². The van der Waals surface area contributed by atoms with Crippen LogP contribution in [0.2, 0.25) is 0 Å². The zero-order valence-electron chi connectivity index (χ0n) is 18.5. The van der Waals surface area contributed by atoms with Gasteiger partial charge in [0.15, 0.2) is 0 Å². The molecule has 2 aliphatic heterocycles. The van der Waals surface area contributed by atoms with Crippen molar-refractivity contribution in [2.24, 2.45) is 10.9 Å². The number of fused-ring (bicyclic) bond motifs is 1. The summed E-state index contributed by atoms with van der Waals surface area (Å²) in [6, 6.07) is 14.2. The van der Waals surface area contributed by atoms with Crippen LogP contribution in [0.5, 0.6) is 0 Å². The van der Waals surface area contributed by atoms with E-state index >= 15 is 0 Å². The molecule has 1 saturated heterocycles. The van der Waals surface area contributed by atoms with Crippen LogP contribution in [-0.4, -0.2) is 44.2 Å². The summed E-state index contributed by atoms with van der Waals surface area (Å²) in [5.74, 6) is 0.778. The number of carbonyl (C=O) groups excluding carboxylic acids is 1. The molecule has 0 bridgehead atoms. The summed E-state index contributed by atoms with van der Waals surface area (Å²) < 4.78 is 26.8. The first-order valence-electron chi connectivity index (χ1n) is 11.1. The van der Waals surface area contributed by atoms with Gasteiger partial charge < -0.3 is 5.32 Å². The van der Waals surface area contributed by atoms with Crippen LogP contribution in [0.3, 0.4) is 0 Å². The number of nitrogens with zero attached hydrogens (tertiary/aromatic N) is 2. The third-order valence-electron chi connectivity index (χ3n) is 6.14. The van der Waals surface area contributed by atoms with Crippen LogP contribution in [0.25, 0.3) is 0 Å². The van der Waals surface area contributed by atoms with Crippen LogP contribution in [-0.2, 0) is 27.9 Å². The number of amidine groups is 1. The number of benzene rings is 2. The van der Waals surface area contributed by atoms with Gasteiger partial charge in [-0.25, -0.2) is 8.42 Å². The third kappa shape index (κ3) is 5.19. The summed E-state index contributed by atoms with van der Waals surface area (Å²) >= 11 is 0. The largest absolute Gasteiger partial charge is 0.350 e. The van der Waals surface area contributed by atoms with Crippen LogP contribution in [0.1, 0.15) is 43.4 Å². The Hall–Kier alpha value is -2.71. The normalized spacial score (nSPS) is 20.5. The van der Waals surface area contributed by atoms with Gasteiger partial charge >= 0.3 is 0 Å². The van der Waals surface area contributed by atoms with Gasteiger partial charge in [0, 0.05) is 18.7 Å². The molecule has 0 aromatic heterocycles. The zero-order chi connectivity index (χ0) is 22.7. The van der Waals surface area contributed by atoms with E-state index in [0.29, 0.717) is 12.1 Å². The lowest BCUT2D eigenvalue weighted by atomic mass is 9.99. The first-order chi connectivity index (χ1) is 15.3. The highest BCUT2D eigenvalue weighted by atomic mass is 32.2. The van der Waals surface area contributed by atoms with E-state index in [1.54, 1.807) is 25.1 Å². The quantitative estimate of drug-likeness (QED) is 0.702. The van der Waals surface area contributed by atoms with Crippen molar-refractivity contribution in [3.8, 4) is 0 Å². The molecule has 8 heteroatoms. The number of hydrogen-bond donors (Lipinski definition) is 2. The standard InChI is InChI=1S/C24H30N4O3S/c1-17-11-13-28(14-12-17)16-20-9-7-19(8-10-20)15-25-24(29)18(2)26-23-21-5-3-4-6-22(21)32(30,31)27-23/h3-10,17-18H,11-16H2,1-2H3,(H,25,29)(H,26,27)/t18-/m0/s1. The number of piperidine rings is 1. The van der Waals surface area contributed by atoms with Crippen molar-refractivity contribution in [2.45, 2.75) is 50.7 Å². The Morgan fingerprint density at radius 1 is 1.12 bits per heavy atom. The van der Waals surface area contributed by atoms with Gasteiger partial charge in [0.1, 0.15) is 11.9 Å². The first kappa shape index (κ1) is 22.5. The van der Waals surface area contributed by atoms with Gasteiger partial charge in [-0.2, -0.15) is 0 Å². The van der Waals surface area contributed by atoms with Crippen molar-refractivity contribution >= 4 is 21.8 Å². The summed E-state index contributed by atoms with van der Waals surface area (Å²) in [5.41, 5.74) is 2.79. The lowest BCUT2D eigenvalue weighted by Crippen LogP contribution is -2.33. The van der Waals surface area contributed by atoms with Crippen LogP contribution < -0.4 is 10.0 Å². The van der Waals surface area contributed by atoms with Gasteiger partial charge in [-0.15, -0.1) is 0 Å². The Morgan fingerprint density at radius 2 is 1.78 bits per heavy atom. The van der Waals surface area contributed by atoms with E-state index in [1.807, 2.05) is 12.1 Å². The number of nitrogens with one attached hydrogen (secondary N) is 2. The number of hydrogen-bond acceptors (Lipinski definition) is 5. The highest BCUT2D eigenvalue weighted by molar-refractivity contribution is 7.90. The van der Waals surface area contributed by atoms with Crippen molar-refractivity contribution in [2.75, 3.05) is 13.1 Å². The van der Waals surface area contributed by atoms with Gasteiger partial charge in [-0.3, -0.25) is 19.4 Å². The SMILES string of the molecule is CC1CCN(Cc2ccc(CNC(=O)[C@H](C)N=C3NS(=O)(=O)c4ccccc43)cc2)CC1. The summed E-state index contributed by atoms with van der Waals surface area (Å²) in [5, 5.41) is 2.89. The summed E-state index contributed by atoms with van der Waals surface area (Å²) in [6.07, 6.45) is 2.53. The number of carbonyl (C=O) groups is 1. The lowest BCUT2D eigenvalue weighted by Gasteiger charge is -2.30. The van der Waals surface area contributed by atoms with Gasteiger partial charge in [0.25, 0.3) is 10.0 Å². The Bertz CT molecular complexity index is 1100. The molecule has 0 radical (unpaired) electrons. The van der Waals surface area contributed by atoms with Gasteiger partial charge in [-0.05, 0) is 62.0 Å². The minimum Gasteiger partial charge on any atom is -0.350 e. The second-order valence-electron chi connectivity index (χ2n) is 8.75. The number of sulfonamides is 1. The molecule has 2 aromatic rings. The molecule has 1 amide bonds. The number of amides is 1. The van der Waals surface area contributed by atoms with E-state index in [2.05, 4.69) is 39.0 Å². The number of likely N-dealkylation sites (tertiary alicyclic amines) is 1. The summed E-state index contributed by atoms with van der Waals surface area (Å²) in [6.45, 7) is 7.64. The van der Waals surface area contributed by atoms with E-state index < -0.39 is 16.1 Å². The van der Waals surface area contributed by atoms with Crippen LogP contribution >= 0.6 is 0 Å². The fraction of sp³-hybridized carbons (Fsp3) is 0.417. The molecular weight excluding hydrogens is 424 g/mol. The molecule has 2 heterocycles. The molecular formula is C24H30N4O3S. The molecule has 4 rings (SSSR count). The van der Waals surface area contributed by atoms with Crippen molar-refractivity contribution in [1.82, 2.24) is 14.9 Å². The van der Waals surface area contributed by atoms with Gasteiger partial charge in [-0.1, -0.05) is 43.3 Å². The average molecular weight is 455 g/mol. The second kappa shape index (κ2) is 9.42. The molecule has 170 valence electrons. The van der Waals surface area contributed by atoms with Crippen molar-refractivity contribution in [1.29, 1.82) is 0 Å². The van der Waals surface area contributed by atoms with Crippen LogP contribution in [0.4, 0.5) is 0 Å².